The number of rotatable bonds is 4. The van der Waals surface area contributed by atoms with E-state index < -0.39 is 15.8 Å². The molecule has 3 rings (SSSR count). The zero-order valence-electron chi connectivity index (χ0n) is 15.2. The second kappa shape index (κ2) is 7.66. The maximum absolute atomic E-state index is 13.7. The van der Waals surface area contributed by atoms with Crippen LogP contribution in [-0.2, 0) is 10.0 Å². The van der Waals surface area contributed by atoms with Crippen LogP contribution in [0.5, 0.6) is 0 Å². The Hall–Kier alpha value is -2.45. The predicted octanol–water partition coefficient (Wildman–Crippen LogP) is 2.37. The minimum atomic E-state index is -3.95. The largest absolute Gasteiger partial charge is 0.336 e. The van der Waals surface area contributed by atoms with Crippen LogP contribution in [0.25, 0.3) is 0 Å². The zero-order valence-corrected chi connectivity index (χ0v) is 16.0. The molecule has 1 heterocycles. The highest BCUT2D eigenvalue weighted by molar-refractivity contribution is 7.92. The first-order valence-electron chi connectivity index (χ1n) is 8.68. The van der Waals surface area contributed by atoms with Crippen molar-refractivity contribution in [1.29, 1.82) is 0 Å². The van der Waals surface area contributed by atoms with E-state index >= 15 is 0 Å². The Kier molecular flexibility index (Phi) is 5.48. The minimum absolute atomic E-state index is 0.147. The topological polar surface area (TPSA) is 78.5 Å². The molecule has 0 aliphatic carbocycles. The van der Waals surface area contributed by atoms with Crippen LogP contribution in [0.2, 0.25) is 0 Å². The molecular weight excluding hydrogens is 369 g/mol. The van der Waals surface area contributed by atoms with Gasteiger partial charge in [-0.25, -0.2) is 12.8 Å². The van der Waals surface area contributed by atoms with E-state index in [-0.39, 0.29) is 22.5 Å². The Morgan fingerprint density at radius 2 is 2.04 bits per heavy atom. The molecule has 0 radical (unpaired) electrons. The molecule has 1 unspecified atom stereocenters. The molecule has 0 aromatic heterocycles. The number of hydrogen-bond donors (Lipinski definition) is 2. The Bertz CT molecular complexity index is 962. The molecule has 2 aromatic rings. The molecule has 6 nitrogen and oxygen atoms in total. The van der Waals surface area contributed by atoms with Gasteiger partial charge in [-0.1, -0.05) is 12.1 Å². The van der Waals surface area contributed by atoms with Crippen molar-refractivity contribution in [3.05, 3.63) is 59.4 Å². The van der Waals surface area contributed by atoms with Crippen molar-refractivity contribution in [2.45, 2.75) is 24.8 Å². The quantitative estimate of drug-likeness (QED) is 0.839. The van der Waals surface area contributed by atoms with Gasteiger partial charge in [-0.05, 0) is 49.7 Å². The molecule has 0 spiro atoms. The molecule has 144 valence electrons. The second-order valence-corrected chi connectivity index (χ2v) is 8.39. The van der Waals surface area contributed by atoms with Crippen LogP contribution in [0.15, 0.2) is 47.4 Å². The minimum Gasteiger partial charge on any atom is -0.336 e. The summed E-state index contributed by atoms with van der Waals surface area (Å²) in [5.74, 6) is -0.736. The third-order valence-corrected chi connectivity index (χ3v) is 5.85. The summed E-state index contributed by atoms with van der Waals surface area (Å²) in [4.78, 5) is 14.3. The summed E-state index contributed by atoms with van der Waals surface area (Å²) in [5, 5.41) is 3.27. The first kappa shape index (κ1) is 19.3. The molecule has 1 amide bonds. The molecule has 1 saturated heterocycles. The van der Waals surface area contributed by atoms with Crippen LogP contribution < -0.4 is 10.0 Å². The lowest BCUT2D eigenvalue weighted by Gasteiger charge is -2.32. The molecule has 1 atom stereocenters. The molecule has 1 aliphatic rings. The summed E-state index contributed by atoms with van der Waals surface area (Å²) >= 11 is 0. The van der Waals surface area contributed by atoms with E-state index in [1.54, 1.807) is 30.0 Å². The highest BCUT2D eigenvalue weighted by Gasteiger charge is 2.22. The fraction of sp³-hybridized carbons (Fsp3) is 0.316. The molecule has 1 fully saturated rings. The molecular formula is C19H22FN3O3S. The van der Waals surface area contributed by atoms with Gasteiger partial charge in [-0.15, -0.1) is 0 Å². The summed E-state index contributed by atoms with van der Waals surface area (Å²) in [7, 11) is -3.95. The number of benzene rings is 2. The van der Waals surface area contributed by atoms with E-state index in [1.165, 1.54) is 18.2 Å². The number of aryl methyl sites for hydroxylation is 1. The van der Waals surface area contributed by atoms with Gasteiger partial charge in [-0.3, -0.25) is 9.52 Å². The first-order valence-corrected chi connectivity index (χ1v) is 10.2. The van der Waals surface area contributed by atoms with Gasteiger partial charge >= 0.3 is 0 Å². The standard InChI is InChI=1S/C19H22FN3O3S/c1-13-6-7-17(11-18(13)20)27(25,26)22-16-5-3-4-15(10-16)19(24)23-9-8-21-14(2)12-23/h3-7,10-11,14,21-22H,8-9,12H2,1-2H3. The molecule has 0 saturated carbocycles. The number of hydrogen-bond acceptors (Lipinski definition) is 4. The molecule has 2 aromatic carbocycles. The Morgan fingerprint density at radius 3 is 2.74 bits per heavy atom. The summed E-state index contributed by atoms with van der Waals surface area (Å²) in [6.07, 6.45) is 0. The normalized spacial score (nSPS) is 17.6. The van der Waals surface area contributed by atoms with Crippen LogP contribution in [-0.4, -0.2) is 44.9 Å². The zero-order chi connectivity index (χ0) is 19.6. The van der Waals surface area contributed by atoms with Crippen molar-refractivity contribution in [2.75, 3.05) is 24.4 Å². The van der Waals surface area contributed by atoms with Crippen molar-refractivity contribution < 1.29 is 17.6 Å². The van der Waals surface area contributed by atoms with Crippen molar-refractivity contribution in [3.63, 3.8) is 0 Å². The Balaban J connectivity index is 1.80. The summed E-state index contributed by atoms with van der Waals surface area (Å²) < 4.78 is 41.1. The summed E-state index contributed by atoms with van der Waals surface area (Å²) in [6, 6.07) is 10.3. The number of carbonyl (C=O) groups excluding carboxylic acids is 1. The Morgan fingerprint density at radius 1 is 1.26 bits per heavy atom. The SMILES string of the molecule is Cc1ccc(S(=O)(=O)Nc2cccc(C(=O)N3CCNC(C)C3)c2)cc1F. The van der Waals surface area contributed by atoms with Gasteiger partial charge in [0, 0.05) is 36.9 Å². The lowest BCUT2D eigenvalue weighted by atomic mass is 10.1. The van der Waals surface area contributed by atoms with Crippen molar-refractivity contribution in [3.8, 4) is 0 Å². The van der Waals surface area contributed by atoms with Crippen LogP contribution in [0.4, 0.5) is 10.1 Å². The molecule has 0 bridgehead atoms. The van der Waals surface area contributed by atoms with Crippen LogP contribution in [0.1, 0.15) is 22.8 Å². The maximum Gasteiger partial charge on any atom is 0.261 e. The first-order chi connectivity index (χ1) is 12.8. The lowest BCUT2D eigenvalue weighted by Crippen LogP contribution is -2.51. The highest BCUT2D eigenvalue weighted by atomic mass is 32.2. The van der Waals surface area contributed by atoms with Gasteiger partial charge in [0.05, 0.1) is 4.90 Å². The van der Waals surface area contributed by atoms with Crippen LogP contribution >= 0.6 is 0 Å². The number of sulfonamides is 1. The van der Waals surface area contributed by atoms with Crippen LogP contribution in [0, 0.1) is 12.7 Å². The maximum atomic E-state index is 13.7. The molecule has 27 heavy (non-hydrogen) atoms. The van der Waals surface area contributed by atoms with Gasteiger partial charge in [0.2, 0.25) is 0 Å². The molecule has 2 N–H and O–H groups in total. The van der Waals surface area contributed by atoms with E-state index in [0.29, 0.717) is 24.2 Å². The van der Waals surface area contributed by atoms with Gasteiger partial charge in [-0.2, -0.15) is 0 Å². The average molecular weight is 391 g/mol. The second-order valence-electron chi connectivity index (χ2n) is 6.70. The predicted molar refractivity (Wildman–Crippen MR) is 102 cm³/mol. The lowest BCUT2D eigenvalue weighted by molar-refractivity contribution is 0.0709. The number of nitrogens with one attached hydrogen (secondary N) is 2. The van der Waals surface area contributed by atoms with Crippen LogP contribution in [0.3, 0.4) is 0 Å². The van der Waals surface area contributed by atoms with Gasteiger partial charge in [0.1, 0.15) is 5.82 Å². The number of carbonyl (C=O) groups is 1. The highest BCUT2D eigenvalue weighted by Crippen LogP contribution is 2.20. The summed E-state index contributed by atoms with van der Waals surface area (Å²) in [5.41, 5.74) is 1.02. The van der Waals surface area contributed by atoms with Gasteiger partial charge < -0.3 is 10.2 Å². The number of anilines is 1. The number of nitrogens with zero attached hydrogens (tertiary/aromatic N) is 1. The fourth-order valence-electron chi connectivity index (χ4n) is 2.97. The van der Waals surface area contributed by atoms with Crippen molar-refractivity contribution >= 4 is 21.6 Å². The molecule has 8 heteroatoms. The van der Waals surface area contributed by atoms with Crippen molar-refractivity contribution in [1.82, 2.24) is 10.2 Å². The average Bonchev–Trinajstić information content (AvgIpc) is 2.63. The third-order valence-electron chi connectivity index (χ3n) is 4.47. The number of halogens is 1. The van der Waals surface area contributed by atoms with E-state index in [9.17, 15) is 17.6 Å². The van der Waals surface area contributed by atoms with Gasteiger partial charge in [0.25, 0.3) is 15.9 Å². The van der Waals surface area contributed by atoms with Crippen molar-refractivity contribution in [2.24, 2.45) is 0 Å². The smallest absolute Gasteiger partial charge is 0.261 e. The van der Waals surface area contributed by atoms with E-state index in [2.05, 4.69) is 10.0 Å². The third kappa shape index (κ3) is 4.45. The number of piperazine rings is 1. The molecule has 1 aliphatic heterocycles. The summed E-state index contributed by atoms with van der Waals surface area (Å²) in [6.45, 7) is 5.48. The van der Waals surface area contributed by atoms with Gasteiger partial charge in [0.15, 0.2) is 0 Å². The van der Waals surface area contributed by atoms with E-state index in [4.69, 9.17) is 0 Å². The monoisotopic (exact) mass is 391 g/mol. The van der Waals surface area contributed by atoms with E-state index in [1.807, 2.05) is 6.92 Å². The van der Waals surface area contributed by atoms with E-state index in [0.717, 1.165) is 12.6 Å². The number of amides is 1. The Labute approximate surface area is 158 Å². The fourth-order valence-corrected chi connectivity index (χ4v) is 4.03.